The summed E-state index contributed by atoms with van der Waals surface area (Å²) in [5.41, 5.74) is -0.0799. The molecule has 0 amide bonds. The summed E-state index contributed by atoms with van der Waals surface area (Å²) in [4.78, 5) is 20.4. The van der Waals surface area contributed by atoms with Gasteiger partial charge in [0.15, 0.2) is 0 Å². The molecule has 8 nitrogen and oxygen atoms in total. The van der Waals surface area contributed by atoms with Crippen molar-refractivity contribution in [3.05, 3.63) is 44.0 Å². The molecule has 1 aromatic rings. The number of hydrogen-bond acceptors (Lipinski definition) is 6. The predicted molar refractivity (Wildman–Crippen MR) is 75.0 cm³/mol. The van der Waals surface area contributed by atoms with Gasteiger partial charge in [-0.2, -0.15) is 0 Å². The van der Waals surface area contributed by atoms with Gasteiger partial charge in [0.25, 0.3) is 11.4 Å². The molecule has 1 saturated heterocycles. The Labute approximate surface area is 121 Å². The molecule has 1 aliphatic heterocycles. The molecule has 21 heavy (non-hydrogen) atoms. The van der Waals surface area contributed by atoms with Crippen LogP contribution in [0, 0.1) is 20.2 Å². The van der Waals surface area contributed by atoms with Crippen molar-refractivity contribution in [1.29, 1.82) is 0 Å². The maximum Gasteiger partial charge on any atom is 0.280 e. The Morgan fingerprint density at radius 3 is 2.67 bits per heavy atom. The zero-order valence-corrected chi connectivity index (χ0v) is 11.5. The molecule has 1 aromatic carbocycles. The Hall–Kier alpha value is -2.06. The van der Waals surface area contributed by atoms with Gasteiger partial charge in [-0.1, -0.05) is 0 Å². The van der Waals surface area contributed by atoms with E-state index in [1.807, 2.05) is 0 Å². The molecule has 0 aliphatic carbocycles. The number of nitro groups is 2. The lowest BCUT2D eigenvalue weighted by molar-refractivity contribution is -0.394. The lowest BCUT2D eigenvalue weighted by Crippen LogP contribution is -2.31. The molecule has 1 aliphatic rings. The largest absolute Gasteiger partial charge is 0.377 e. The van der Waals surface area contributed by atoms with Crippen LogP contribution in [0.4, 0.5) is 11.4 Å². The summed E-state index contributed by atoms with van der Waals surface area (Å²) in [6, 6.07) is 3.69. The minimum atomic E-state index is -0.639. The summed E-state index contributed by atoms with van der Waals surface area (Å²) >= 11 is 0. The van der Waals surface area contributed by atoms with E-state index in [0.29, 0.717) is 12.1 Å². The van der Waals surface area contributed by atoms with Crippen LogP contribution >= 0.6 is 0 Å². The normalized spacial score (nSPS) is 18.4. The Kier molecular flexibility index (Phi) is 5.18. The summed E-state index contributed by atoms with van der Waals surface area (Å²) < 4.78 is 5.56. The minimum Gasteiger partial charge on any atom is -0.377 e. The zero-order chi connectivity index (χ0) is 15.2. The highest BCUT2D eigenvalue weighted by atomic mass is 16.6. The van der Waals surface area contributed by atoms with E-state index in [4.69, 9.17) is 4.74 Å². The Balaban J connectivity index is 1.98. The third-order valence-corrected chi connectivity index (χ3v) is 3.44. The molecule has 1 heterocycles. The number of nitrogens with one attached hydrogen (secondary N) is 1. The summed E-state index contributed by atoms with van der Waals surface area (Å²) in [5, 5.41) is 24.8. The molecule has 8 heteroatoms. The van der Waals surface area contributed by atoms with Crippen LogP contribution < -0.4 is 5.32 Å². The maximum absolute atomic E-state index is 11.0. The van der Waals surface area contributed by atoms with E-state index in [1.165, 1.54) is 12.1 Å². The van der Waals surface area contributed by atoms with Gasteiger partial charge in [-0.3, -0.25) is 20.2 Å². The third kappa shape index (κ3) is 4.20. The second kappa shape index (κ2) is 7.09. The average Bonchev–Trinajstić information content (AvgIpc) is 2.48. The van der Waals surface area contributed by atoms with Gasteiger partial charge in [-0.05, 0) is 25.3 Å². The van der Waals surface area contributed by atoms with Gasteiger partial charge in [0.2, 0.25) is 0 Å². The van der Waals surface area contributed by atoms with Crippen molar-refractivity contribution in [3.8, 4) is 0 Å². The van der Waals surface area contributed by atoms with E-state index in [-0.39, 0.29) is 24.0 Å². The molecule has 0 radical (unpaired) electrons. The highest BCUT2D eigenvalue weighted by molar-refractivity contribution is 5.49. The second-order valence-corrected chi connectivity index (χ2v) is 4.95. The molecule has 0 saturated carbocycles. The zero-order valence-electron chi connectivity index (χ0n) is 11.5. The van der Waals surface area contributed by atoms with Crippen molar-refractivity contribution in [2.24, 2.45) is 0 Å². The standard InChI is InChI=1S/C13H17N3O5/c17-15(18)11-5-4-10(13(7-11)16(19)20)8-14-9-12-3-1-2-6-21-12/h4-5,7,12,14H,1-3,6,8-9H2. The minimum absolute atomic E-state index is 0.135. The van der Waals surface area contributed by atoms with E-state index in [2.05, 4.69) is 5.32 Å². The van der Waals surface area contributed by atoms with Crippen LogP contribution in [-0.4, -0.2) is 29.1 Å². The Morgan fingerprint density at radius 2 is 2.05 bits per heavy atom. The molecule has 1 unspecified atom stereocenters. The molecular weight excluding hydrogens is 278 g/mol. The fourth-order valence-corrected chi connectivity index (χ4v) is 2.32. The molecule has 114 valence electrons. The Bertz CT molecular complexity index is 529. The number of ether oxygens (including phenoxy) is 1. The first-order valence-electron chi connectivity index (χ1n) is 6.82. The number of hydrogen-bond donors (Lipinski definition) is 1. The van der Waals surface area contributed by atoms with Gasteiger partial charge in [-0.25, -0.2) is 0 Å². The van der Waals surface area contributed by atoms with Crippen LogP contribution in [-0.2, 0) is 11.3 Å². The quantitative estimate of drug-likeness (QED) is 0.636. The summed E-state index contributed by atoms with van der Waals surface area (Å²) in [5.74, 6) is 0. The number of rotatable bonds is 6. The number of benzene rings is 1. The third-order valence-electron chi connectivity index (χ3n) is 3.44. The topological polar surface area (TPSA) is 108 Å². The van der Waals surface area contributed by atoms with Crippen LogP contribution in [0.15, 0.2) is 18.2 Å². The molecule has 2 rings (SSSR count). The highest BCUT2D eigenvalue weighted by Gasteiger charge is 2.19. The first-order chi connectivity index (χ1) is 10.1. The summed E-state index contributed by atoms with van der Waals surface area (Å²) in [6.45, 7) is 1.66. The SMILES string of the molecule is O=[N+]([O-])c1ccc(CNCC2CCCCO2)c([N+](=O)[O-])c1. The van der Waals surface area contributed by atoms with E-state index in [0.717, 1.165) is 31.9 Å². The van der Waals surface area contributed by atoms with E-state index < -0.39 is 9.85 Å². The average molecular weight is 295 g/mol. The summed E-state index contributed by atoms with van der Waals surface area (Å²) in [6.07, 6.45) is 3.32. The number of non-ortho nitro benzene ring substituents is 1. The fraction of sp³-hybridized carbons (Fsp3) is 0.538. The first-order valence-corrected chi connectivity index (χ1v) is 6.82. The summed E-state index contributed by atoms with van der Waals surface area (Å²) in [7, 11) is 0. The molecule has 0 bridgehead atoms. The maximum atomic E-state index is 11.0. The van der Waals surface area contributed by atoms with Crippen LogP contribution in [0.1, 0.15) is 24.8 Å². The Morgan fingerprint density at radius 1 is 1.24 bits per heavy atom. The molecular formula is C13H17N3O5. The molecule has 0 aromatic heterocycles. The van der Waals surface area contributed by atoms with Gasteiger partial charge < -0.3 is 10.1 Å². The van der Waals surface area contributed by atoms with Crippen molar-refractivity contribution < 1.29 is 14.6 Å². The molecule has 1 fully saturated rings. The van der Waals surface area contributed by atoms with Gasteiger partial charge >= 0.3 is 0 Å². The van der Waals surface area contributed by atoms with Crippen LogP contribution in [0.5, 0.6) is 0 Å². The van der Waals surface area contributed by atoms with E-state index in [1.54, 1.807) is 0 Å². The van der Waals surface area contributed by atoms with Crippen LogP contribution in [0.2, 0.25) is 0 Å². The fourth-order valence-electron chi connectivity index (χ4n) is 2.32. The van der Waals surface area contributed by atoms with Crippen LogP contribution in [0.3, 0.4) is 0 Å². The van der Waals surface area contributed by atoms with Crippen molar-refractivity contribution >= 4 is 11.4 Å². The van der Waals surface area contributed by atoms with Gasteiger partial charge in [0, 0.05) is 31.3 Å². The highest BCUT2D eigenvalue weighted by Crippen LogP contribution is 2.24. The van der Waals surface area contributed by atoms with Crippen molar-refractivity contribution in [2.75, 3.05) is 13.2 Å². The lowest BCUT2D eigenvalue weighted by atomic mass is 10.1. The lowest BCUT2D eigenvalue weighted by Gasteiger charge is -2.22. The predicted octanol–water partition coefficient (Wildman–Crippen LogP) is 2.16. The van der Waals surface area contributed by atoms with E-state index >= 15 is 0 Å². The van der Waals surface area contributed by atoms with Gasteiger partial charge in [0.1, 0.15) is 0 Å². The van der Waals surface area contributed by atoms with E-state index in [9.17, 15) is 20.2 Å². The van der Waals surface area contributed by atoms with Crippen molar-refractivity contribution in [1.82, 2.24) is 5.32 Å². The smallest absolute Gasteiger partial charge is 0.280 e. The molecule has 1 atom stereocenters. The van der Waals surface area contributed by atoms with Gasteiger partial charge in [-0.15, -0.1) is 0 Å². The molecule has 0 spiro atoms. The monoisotopic (exact) mass is 295 g/mol. The number of nitrogens with zero attached hydrogens (tertiary/aromatic N) is 2. The van der Waals surface area contributed by atoms with Crippen molar-refractivity contribution in [2.45, 2.75) is 31.9 Å². The van der Waals surface area contributed by atoms with Crippen LogP contribution in [0.25, 0.3) is 0 Å². The second-order valence-electron chi connectivity index (χ2n) is 4.95. The molecule has 1 N–H and O–H groups in total. The van der Waals surface area contributed by atoms with Crippen molar-refractivity contribution in [3.63, 3.8) is 0 Å². The number of nitro benzene ring substituents is 2. The first kappa shape index (κ1) is 15.3. The van der Waals surface area contributed by atoms with Gasteiger partial charge in [0.05, 0.1) is 22.0 Å².